The van der Waals surface area contributed by atoms with E-state index in [1.54, 1.807) is 17.1 Å². The molecule has 1 aromatic heterocycles. The molecule has 1 aliphatic rings. The third-order valence-electron chi connectivity index (χ3n) is 8.18. The summed E-state index contributed by atoms with van der Waals surface area (Å²) in [6, 6.07) is 17.0. The lowest BCUT2D eigenvalue weighted by Gasteiger charge is -2.26. The predicted molar refractivity (Wildman–Crippen MR) is 168 cm³/mol. The van der Waals surface area contributed by atoms with E-state index in [0.717, 1.165) is 34.9 Å². The summed E-state index contributed by atoms with van der Waals surface area (Å²) in [6.45, 7) is 8.10. The second kappa shape index (κ2) is 15.9. The topological polar surface area (TPSA) is 112 Å². The Kier molecular flexibility index (Phi) is 11.7. The van der Waals surface area contributed by atoms with Gasteiger partial charge >= 0.3 is 5.97 Å². The van der Waals surface area contributed by atoms with Crippen molar-refractivity contribution >= 4 is 28.7 Å². The van der Waals surface area contributed by atoms with E-state index in [9.17, 15) is 19.5 Å². The summed E-state index contributed by atoms with van der Waals surface area (Å²) in [7, 11) is 0. The van der Waals surface area contributed by atoms with Gasteiger partial charge < -0.3 is 25.0 Å². The minimum absolute atomic E-state index is 0.0139. The lowest BCUT2D eigenvalue weighted by atomic mass is 9.96. The quantitative estimate of drug-likeness (QED) is 0.166. The number of nitrogens with zero attached hydrogens (tertiary/aromatic N) is 1. The SMILES string of the molecule is C=CCC(CC(=O)N1CCCC1CO)C(=O)NC(COC(=O)C(CC=C)Cc1ccccc1)Cc1c[nH]c2ccccc12. The van der Waals surface area contributed by atoms with Crippen molar-refractivity contribution in [2.75, 3.05) is 19.8 Å². The molecule has 0 aliphatic carbocycles. The number of fused-ring (bicyclic) bond motifs is 1. The molecule has 0 radical (unpaired) electrons. The Morgan fingerprint density at radius 1 is 1.02 bits per heavy atom. The van der Waals surface area contributed by atoms with Gasteiger partial charge in [-0.1, -0.05) is 60.7 Å². The lowest BCUT2D eigenvalue weighted by molar-refractivity contribution is -0.149. The van der Waals surface area contributed by atoms with Crippen LogP contribution in [0, 0.1) is 11.8 Å². The van der Waals surface area contributed by atoms with E-state index < -0.39 is 17.9 Å². The summed E-state index contributed by atoms with van der Waals surface area (Å²) >= 11 is 0. The highest BCUT2D eigenvalue weighted by Gasteiger charge is 2.32. The van der Waals surface area contributed by atoms with Crippen LogP contribution in [0.1, 0.15) is 43.2 Å². The van der Waals surface area contributed by atoms with Crippen LogP contribution in [-0.2, 0) is 32.0 Å². The van der Waals surface area contributed by atoms with Crippen LogP contribution in [0.15, 0.2) is 86.1 Å². The number of hydrogen-bond donors (Lipinski definition) is 3. The molecule has 1 saturated heterocycles. The number of aliphatic hydroxyl groups excluding tert-OH is 1. The maximum Gasteiger partial charge on any atom is 0.309 e. The standard InChI is InChI=1S/C35H43N3O5/c1-3-11-26(21-33(40)38-18-10-15-30(38)23-39)34(41)37-29(20-28-22-36-32-17-9-8-16-31(28)32)24-43-35(42)27(12-4-2)19-25-13-6-5-7-14-25/h3-9,13-14,16-17,22,26-27,29-30,36,39H,1-2,10-12,15,18-21,23-24H2,(H,37,41). The molecule has 8 heteroatoms. The number of allylic oxidation sites excluding steroid dienone is 2. The first-order valence-corrected chi connectivity index (χ1v) is 15.1. The van der Waals surface area contributed by atoms with Crippen molar-refractivity contribution in [2.24, 2.45) is 11.8 Å². The molecule has 0 saturated carbocycles. The minimum Gasteiger partial charge on any atom is -0.463 e. The number of aliphatic hydroxyl groups is 1. The molecule has 1 fully saturated rings. The lowest BCUT2D eigenvalue weighted by Crippen LogP contribution is -2.45. The molecule has 8 nitrogen and oxygen atoms in total. The molecule has 4 rings (SSSR count). The average Bonchev–Trinajstić information content (AvgIpc) is 3.67. The van der Waals surface area contributed by atoms with Crippen LogP contribution in [0.25, 0.3) is 10.9 Å². The van der Waals surface area contributed by atoms with Crippen molar-refractivity contribution in [1.82, 2.24) is 15.2 Å². The third-order valence-corrected chi connectivity index (χ3v) is 8.18. The first-order chi connectivity index (χ1) is 20.9. The number of carbonyl (C=O) groups excluding carboxylic acids is 3. The van der Waals surface area contributed by atoms with E-state index in [0.29, 0.717) is 32.2 Å². The highest BCUT2D eigenvalue weighted by atomic mass is 16.5. The van der Waals surface area contributed by atoms with E-state index in [-0.39, 0.29) is 43.5 Å². The summed E-state index contributed by atoms with van der Waals surface area (Å²) in [5.74, 6) is -1.80. The highest BCUT2D eigenvalue weighted by molar-refractivity contribution is 5.87. The van der Waals surface area contributed by atoms with Crippen LogP contribution in [0.4, 0.5) is 0 Å². The second-order valence-corrected chi connectivity index (χ2v) is 11.3. The van der Waals surface area contributed by atoms with Crippen LogP contribution >= 0.6 is 0 Å². The Morgan fingerprint density at radius 3 is 2.49 bits per heavy atom. The number of amides is 2. The normalized spacial score (nSPS) is 16.8. The monoisotopic (exact) mass is 585 g/mol. The predicted octanol–water partition coefficient (Wildman–Crippen LogP) is 4.74. The summed E-state index contributed by atoms with van der Waals surface area (Å²) in [6.07, 6.45) is 8.65. The summed E-state index contributed by atoms with van der Waals surface area (Å²) in [4.78, 5) is 44.9. The number of hydrogen-bond acceptors (Lipinski definition) is 5. The summed E-state index contributed by atoms with van der Waals surface area (Å²) < 4.78 is 5.85. The van der Waals surface area contributed by atoms with Gasteiger partial charge in [0.2, 0.25) is 11.8 Å². The fraction of sp³-hybridized carbons (Fsp3) is 0.400. The number of para-hydroxylation sites is 1. The van der Waals surface area contributed by atoms with Gasteiger partial charge in [-0.3, -0.25) is 14.4 Å². The summed E-state index contributed by atoms with van der Waals surface area (Å²) in [5, 5.41) is 13.8. The fourth-order valence-corrected chi connectivity index (χ4v) is 5.87. The van der Waals surface area contributed by atoms with Gasteiger partial charge in [0.1, 0.15) is 6.61 Å². The van der Waals surface area contributed by atoms with E-state index in [1.165, 1.54) is 0 Å². The largest absolute Gasteiger partial charge is 0.463 e. The molecule has 3 N–H and O–H groups in total. The van der Waals surface area contributed by atoms with Crippen molar-refractivity contribution in [3.63, 3.8) is 0 Å². The van der Waals surface area contributed by atoms with Crippen molar-refractivity contribution in [2.45, 2.75) is 57.0 Å². The number of carbonyl (C=O) groups is 3. The first-order valence-electron chi connectivity index (χ1n) is 15.1. The Hall–Kier alpha value is -4.17. The number of aromatic amines is 1. The number of H-pyrrole nitrogens is 1. The van der Waals surface area contributed by atoms with Gasteiger partial charge in [0.25, 0.3) is 0 Å². The van der Waals surface area contributed by atoms with Crippen molar-refractivity contribution < 1.29 is 24.2 Å². The van der Waals surface area contributed by atoms with Gasteiger partial charge in [-0.25, -0.2) is 0 Å². The molecule has 3 aromatic rings. The number of ether oxygens (including phenoxy) is 1. The zero-order valence-corrected chi connectivity index (χ0v) is 24.8. The van der Waals surface area contributed by atoms with E-state index in [4.69, 9.17) is 4.74 Å². The molecule has 4 unspecified atom stereocenters. The van der Waals surface area contributed by atoms with E-state index in [1.807, 2.05) is 60.8 Å². The first kappa shape index (κ1) is 31.8. The van der Waals surface area contributed by atoms with Gasteiger partial charge in [-0.2, -0.15) is 0 Å². The Balaban J connectivity index is 1.48. The second-order valence-electron chi connectivity index (χ2n) is 11.3. The van der Waals surface area contributed by atoms with Crippen LogP contribution < -0.4 is 5.32 Å². The van der Waals surface area contributed by atoms with Gasteiger partial charge in [0.05, 0.1) is 30.5 Å². The third kappa shape index (κ3) is 8.67. The van der Waals surface area contributed by atoms with E-state index >= 15 is 0 Å². The molecule has 2 heterocycles. The zero-order chi connectivity index (χ0) is 30.6. The summed E-state index contributed by atoms with van der Waals surface area (Å²) in [5.41, 5.74) is 3.00. The minimum atomic E-state index is -0.627. The van der Waals surface area contributed by atoms with Crippen LogP contribution in [0.3, 0.4) is 0 Å². The molecule has 4 atom stereocenters. The molecule has 0 bridgehead atoms. The molecule has 228 valence electrons. The van der Waals surface area contributed by atoms with Crippen molar-refractivity contribution in [3.05, 3.63) is 97.2 Å². The zero-order valence-electron chi connectivity index (χ0n) is 24.8. The number of rotatable bonds is 16. The molecular weight excluding hydrogens is 542 g/mol. The number of esters is 1. The fourth-order valence-electron chi connectivity index (χ4n) is 5.87. The molecular formula is C35H43N3O5. The van der Waals surface area contributed by atoms with Gasteiger partial charge in [-0.15, -0.1) is 13.2 Å². The Labute approximate surface area is 253 Å². The molecule has 2 amide bonds. The number of nitrogens with one attached hydrogen (secondary N) is 2. The molecule has 2 aromatic carbocycles. The maximum atomic E-state index is 13.6. The van der Waals surface area contributed by atoms with Gasteiger partial charge in [0, 0.05) is 30.1 Å². The maximum absolute atomic E-state index is 13.6. The number of likely N-dealkylation sites (tertiary alicyclic amines) is 1. The number of benzene rings is 2. The number of aromatic nitrogens is 1. The Bertz CT molecular complexity index is 1380. The smallest absolute Gasteiger partial charge is 0.309 e. The Morgan fingerprint density at radius 2 is 1.74 bits per heavy atom. The van der Waals surface area contributed by atoms with Crippen LogP contribution in [-0.4, -0.2) is 64.6 Å². The highest BCUT2D eigenvalue weighted by Crippen LogP contribution is 2.23. The van der Waals surface area contributed by atoms with Crippen molar-refractivity contribution in [3.8, 4) is 0 Å². The van der Waals surface area contributed by atoms with Gasteiger partial charge in [-0.05, 0) is 55.7 Å². The molecule has 43 heavy (non-hydrogen) atoms. The molecule has 1 aliphatic heterocycles. The van der Waals surface area contributed by atoms with E-state index in [2.05, 4.69) is 23.5 Å². The molecule has 0 spiro atoms. The van der Waals surface area contributed by atoms with Crippen LogP contribution in [0.2, 0.25) is 0 Å². The van der Waals surface area contributed by atoms with Gasteiger partial charge in [0.15, 0.2) is 0 Å². The van der Waals surface area contributed by atoms with Crippen LogP contribution in [0.5, 0.6) is 0 Å². The average molecular weight is 586 g/mol. The van der Waals surface area contributed by atoms with Crippen molar-refractivity contribution in [1.29, 1.82) is 0 Å².